The van der Waals surface area contributed by atoms with Crippen molar-refractivity contribution in [2.45, 2.75) is 53.1 Å². The average molecular weight is 230 g/mol. The van der Waals surface area contributed by atoms with Crippen molar-refractivity contribution in [2.75, 3.05) is 13.2 Å². The highest BCUT2D eigenvalue weighted by atomic mass is 28.3. The van der Waals surface area contributed by atoms with E-state index in [-0.39, 0.29) is 5.67 Å². The van der Waals surface area contributed by atoms with Crippen molar-refractivity contribution in [2.24, 2.45) is 4.99 Å². The summed E-state index contributed by atoms with van der Waals surface area (Å²) >= 11 is 0. The van der Waals surface area contributed by atoms with Crippen LogP contribution in [0.4, 0.5) is 0 Å². The summed E-state index contributed by atoms with van der Waals surface area (Å²) in [5, 5.41) is 0. The van der Waals surface area contributed by atoms with Crippen LogP contribution in [0.2, 0.25) is 0 Å². The molecule has 0 N–H and O–H groups in total. The monoisotopic (exact) mass is 230 g/mol. The Balaban J connectivity index is 4.32. The second kappa shape index (κ2) is 9.06. The predicted molar refractivity (Wildman–Crippen MR) is 66.5 cm³/mol. The standard InChI is InChI=1S/C11H24NO2Si/c1-6-9-14-15(13-8-3)11(7-2)12-10(4)5/h11H,6-9H2,1-5H3. The van der Waals surface area contributed by atoms with Crippen molar-refractivity contribution >= 4 is 15.0 Å². The topological polar surface area (TPSA) is 30.8 Å². The first-order chi connectivity index (χ1) is 7.15. The van der Waals surface area contributed by atoms with Gasteiger partial charge in [-0.2, -0.15) is 0 Å². The van der Waals surface area contributed by atoms with Crippen LogP contribution in [0, 0.1) is 0 Å². The van der Waals surface area contributed by atoms with Crippen molar-refractivity contribution in [3.8, 4) is 0 Å². The predicted octanol–water partition coefficient (Wildman–Crippen LogP) is 2.74. The smallest absolute Gasteiger partial charge is 0.392 e. The Morgan fingerprint density at radius 2 is 1.87 bits per heavy atom. The molecule has 0 aromatic rings. The van der Waals surface area contributed by atoms with E-state index in [2.05, 4.69) is 18.8 Å². The lowest BCUT2D eigenvalue weighted by Crippen LogP contribution is -2.36. The molecule has 4 heteroatoms. The first kappa shape index (κ1) is 14.8. The third-order valence-corrected chi connectivity index (χ3v) is 3.95. The van der Waals surface area contributed by atoms with Gasteiger partial charge in [0.25, 0.3) is 0 Å². The van der Waals surface area contributed by atoms with Crippen molar-refractivity contribution in [1.29, 1.82) is 0 Å². The summed E-state index contributed by atoms with van der Waals surface area (Å²) in [5.41, 5.74) is 1.33. The summed E-state index contributed by atoms with van der Waals surface area (Å²) in [7, 11) is -1.23. The molecule has 89 valence electrons. The van der Waals surface area contributed by atoms with Gasteiger partial charge in [0, 0.05) is 18.9 Å². The first-order valence-corrected chi connectivity index (χ1v) is 7.18. The van der Waals surface area contributed by atoms with Gasteiger partial charge in [-0.05, 0) is 33.6 Å². The van der Waals surface area contributed by atoms with E-state index in [9.17, 15) is 0 Å². The third-order valence-electron chi connectivity index (χ3n) is 1.81. The number of aliphatic imine (C=N–C) groups is 1. The van der Waals surface area contributed by atoms with Crippen molar-refractivity contribution in [3.63, 3.8) is 0 Å². The van der Waals surface area contributed by atoms with E-state index in [1.807, 2.05) is 20.8 Å². The fourth-order valence-corrected chi connectivity index (χ4v) is 3.06. The van der Waals surface area contributed by atoms with Crippen LogP contribution >= 0.6 is 0 Å². The minimum Gasteiger partial charge on any atom is -0.392 e. The van der Waals surface area contributed by atoms with Crippen LogP contribution in [0.25, 0.3) is 0 Å². The highest BCUT2D eigenvalue weighted by Crippen LogP contribution is 2.07. The molecule has 0 saturated carbocycles. The molecule has 0 aliphatic rings. The Morgan fingerprint density at radius 1 is 1.20 bits per heavy atom. The molecule has 3 nitrogen and oxygen atoms in total. The van der Waals surface area contributed by atoms with Gasteiger partial charge in [-0.15, -0.1) is 0 Å². The van der Waals surface area contributed by atoms with E-state index < -0.39 is 9.28 Å². The molecule has 0 spiro atoms. The highest BCUT2D eigenvalue weighted by molar-refractivity contribution is 6.46. The summed E-state index contributed by atoms with van der Waals surface area (Å²) in [6.07, 6.45) is 2.02. The van der Waals surface area contributed by atoms with E-state index in [1.165, 1.54) is 0 Å². The lowest BCUT2D eigenvalue weighted by Gasteiger charge is -2.19. The van der Waals surface area contributed by atoms with E-state index in [1.54, 1.807) is 0 Å². The van der Waals surface area contributed by atoms with E-state index in [0.29, 0.717) is 6.61 Å². The molecular formula is C11H24NO2Si. The Kier molecular flexibility index (Phi) is 8.95. The van der Waals surface area contributed by atoms with Gasteiger partial charge in [-0.3, -0.25) is 4.99 Å². The second-order valence-electron chi connectivity index (χ2n) is 3.60. The molecule has 15 heavy (non-hydrogen) atoms. The normalized spacial score (nSPS) is 12.9. The minimum atomic E-state index is -1.23. The zero-order valence-corrected chi connectivity index (χ0v) is 11.7. The number of hydrogen-bond acceptors (Lipinski definition) is 3. The lowest BCUT2D eigenvalue weighted by molar-refractivity contribution is 0.196. The summed E-state index contributed by atoms with van der Waals surface area (Å²) < 4.78 is 11.4. The summed E-state index contributed by atoms with van der Waals surface area (Å²) in [4.78, 5) is 4.58. The molecule has 1 radical (unpaired) electrons. The van der Waals surface area contributed by atoms with Crippen molar-refractivity contribution in [1.82, 2.24) is 0 Å². The van der Waals surface area contributed by atoms with Gasteiger partial charge in [-0.25, -0.2) is 0 Å². The van der Waals surface area contributed by atoms with Gasteiger partial charge >= 0.3 is 9.28 Å². The maximum absolute atomic E-state index is 5.76. The average Bonchev–Trinajstić information content (AvgIpc) is 2.20. The number of nitrogens with zero attached hydrogens (tertiary/aromatic N) is 1. The van der Waals surface area contributed by atoms with Crippen LogP contribution in [0.1, 0.15) is 47.5 Å². The van der Waals surface area contributed by atoms with Gasteiger partial charge in [0.15, 0.2) is 0 Å². The molecule has 0 fully saturated rings. The Labute approximate surface area is 95.7 Å². The molecule has 0 amide bonds. The summed E-state index contributed by atoms with van der Waals surface area (Å²) in [6.45, 7) is 11.8. The van der Waals surface area contributed by atoms with Crippen LogP contribution in [0.15, 0.2) is 4.99 Å². The lowest BCUT2D eigenvalue weighted by atomic mass is 10.4. The third kappa shape index (κ3) is 6.81. The quantitative estimate of drug-likeness (QED) is 0.474. The van der Waals surface area contributed by atoms with Gasteiger partial charge < -0.3 is 8.85 Å². The van der Waals surface area contributed by atoms with Crippen LogP contribution in [0.5, 0.6) is 0 Å². The van der Waals surface area contributed by atoms with Gasteiger partial charge in [0.1, 0.15) is 0 Å². The fourth-order valence-electron chi connectivity index (χ4n) is 1.20. The molecule has 0 bridgehead atoms. The maximum atomic E-state index is 5.76. The molecule has 1 atom stereocenters. The Hall–Kier alpha value is -0.193. The zero-order valence-electron chi connectivity index (χ0n) is 10.7. The van der Waals surface area contributed by atoms with Crippen LogP contribution in [0.3, 0.4) is 0 Å². The van der Waals surface area contributed by atoms with Crippen molar-refractivity contribution < 1.29 is 8.85 Å². The Bertz CT molecular complexity index is 181. The molecule has 0 saturated heterocycles. The highest BCUT2D eigenvalue weighted by Gasteiger charge is 2.26. The van der Waals surface area contributed by atoms with E-state index >= 15 is 0 Å². The molecular weight excluding hydrogens is 206 g/mol. The molecule has 0 aromatic heterocycles. The van der Waals surface area contributed by atoms with E-state index in [4.69, 9.17) is 8.85 Å². The molecule has 0 rings (SSSR count). The second-order valence-corrected chi connectivity index (χ2v) is 5.48. The van der Waals surface area contributed by atoms with Gasteiger partial charge in [0.2, 0.25) is 0 Å². The van der Waals surface area contributed by atoms with Crippen LogP contribution in [-0.4, -0.2) is 33.9 Å². The summed E-state index contributed by atoms with van der Waals surface area (Å²) in [6, 6.07) is 0. The fraction of sp³-hybridized carbons (Fsp3) is 0.909. The number of rotatable bonds is 8. The molecule has 0 aromatic carbocycles. The van der Waals surface area contributed by atoms with Crippen LogP contribution < -0.4 is 0 Å². The molecule has 1 unspecified atom stereocenters. The molecule has 0 aliphatic carbocycles. The molecule has 0 heterocycles. The van der Waals surface area contributed by atoms with E-state index in [0.717, 1.165) is 25.2 Å². The minimum absolute atomic E-state index is 0.228. The van der Waals surface area contributed by atoms with Crippen molar-refractivity contribution in [3.05, 3.63) is 0 Å². The SMILES string of the molecule is CCCO[Si](OCC)C(CC)N=C(C)C. The first-order valence-electron chi connectivity index (χ1n) is 5.79. The number of hydrogen-bond donors (Lipinski definition) is 0. The zero-order chi connectivity index (χ0) is 11.7. The van der Waals surface area contributed by atoms with Gasteiger partial charge in [-0.1, -0.05) is 13.8 Å². The van der Waals surface area contributed by atoms with Gasteiger partial charge in [0.05, 0.1) is 5.67 Å². The maximum Gasteiger partial charge on any atom is 0.411 e. The summed E-state index contributed by atoms with van der Waals surface area (Å²) in [5.74, 6) is 0. The largest absolute Gasteiger partial charge is 0.411 e. The molecule has 0 aliphatic heterocycles. The Morgan fingerprint density at radius 3 is 2.27 bits per heavy atom. The van der Waals surface area contributed by atoms with Crippen LogP contribution in [-0.2, 0) is 8.85 Å².